The molecule has 0 fully saturated rings. The van der Waals surface area contributed by atoms with Crippen LogP contribution in [0.2, 0.25) is 5.02 Å². The summed E-state index contributed by atoms with van der Waals surface area (Å²) in [4.78, 5) is 11.8. The summed E-state index contributed by atoms with van der Waals surface area (Å²) < 4.78 is 27.4. The summed E-state index contributed by atoms with van der Waals surface area (Å²) in [5, 5.41) is 3.23. The fraction of sp³-hybridized carbons (Fsp3) is 0.188. The Morgan fingerprint density at radius 1 is 1.22 bits per heavy atom. The maximum atomic E-state index is 12.4. The van der Waals surface area contributed by atoms with Crippen LogP contribution in [0.15, 0.2) is 47.4 Å². The summed E-state index contributed by atoms with van der Waals surface area (Å²) in [6, 6.07) is 11.7. The average Bonchev–Trinajstić information content (AvgIpc) is 2.81. The number of halogens is 1. The number of sulfonamides is 1. The lowest BCUT2D eigenvalue weighted by atomic mass is 10.0. The second-order valence-electron chi connectivity index (χ2n) is 5.38. The predicted octanol–water partition coefficient (Wildman–Crippen LogP) is 2.87. The van der Waals surface area contributed by atoms with E-state index < -0.39 is 10.0 Å². The number of rotatable bonds is 4. The quantitative estimate of drug-likeness (QED) is 0.890. The second kappa shape index (κ2) is 5.96. The molecular weight excluding hydrogens is 336 g/mol. The highest BCUT2D eigenvalue weighted by Gasteiger charge is 2.28. The molecule has 3 rings (SSSR count). The van der Waals surface area contributed by atoms with Crippen LogP contribution in [-0.4, -0.2) is 14.3 Å². The molecule has 1 heterocycles. The number of fused-ring (bicyclic) bond motifs is 1. The first kappa shape index (κ1) is 16.0. The van der Waals surface area contributed by atoms with Gasteiger partial charge in [-0.05, 0) is 42.3 Å². The molecule has 0 radical (unpaired) electrons. The molecule has 5 nitrogen and oxygen atoms in total. The van der Waals surface area contributed by atoms with Gasteiger partial charge in [0.1, 0.15) is 0 Å². The molecular formula is C16H15ClN2O3S. The van der Waals surface area contributed by atoms with Gasteiger partial charge >= 0.3 is 0 Å². The first-order chi connectivity index (χ1) is 10.9. The summed E-state index contributed by atoms with van der Waals surface area (Å²) in [5.74, 6) is -0.484. The van der Waals surface area contributed by atoms with Crippen LogP contribution in [0.3, 0.4) is 0 Å². The zero-order chi connectivity index (χ0) is 16.6. The van der Waals surface area contributed by atoms with Crippen LogP contribution >= 0.6 is 11.6 Å². The Labute approximate surface area is 139 Å². The smallest absolute Gasteiger partial charge is 0.240 e. The van der Waals surface area contributed by atoms with Gasteiger partial charge in [-0.2, -0.15) is 0 Å². The Kier molecular flexibility index (Phi) is 4.14. The average molecular weight is 351 g/mol. The number of hydrogen-bond acceptors (Lipinski definition) is 3. The zero-order valence-electron chi connectivity index (χ0n) is 12.3. The van der Waals surface area contributed by atoms with Crippen LogP contribution in [-0.2, 0) is 21.4 Å². The molecule has 0 aromatic heterocycles. The molecule has 7 heteroatoms. The maximum absolute atomic E-state index is 12.4. The van der Waals surface area contributed by atoms with Crippen LogP contribution in [0.5, 0.6) is 0 Å². The summed E-state index contributed by atoms with van der Waals surface area (Å²) in [6.07, 6.45) is 0. The molecule has 1 aliphatic heterocycles. The minimum Gasteiger partial charge on any atom is -0.325 e. The molecule has 23 heavy (non-hydrogen) atoms. The van der Waals surface area contributed by atoms with E-state index in [2.05, 4.69) is 10.0 Å². The van der Waals surface area contributed by atoms with Crippen LogP contribution in [0.4, 0.5) is 5.69 Å². The first-order valence-corrected chi connectivity index (χ1v) is 8.92. The number of hydrogen-bond donors (Lipinski definition) is 2. The molecule has 0 bridgehead atoms. The van der Waals surface area contributed by atoms with Crippen LogP contribution < -0.4 is 10.0 Å². The van der Waals surface area contributed by atoms with Crippen molar-refractivity contribution in [2.45, 2.75) is 24.3 Å². The highest BCUT2D eigenvalue weighted by molar-refractivity contribution is 7.89. The zero-order valence-corrected chi connectivity index (χ0v) is 13.9. The van der Waals surface area contributed by atoms with E-state index in [0.29, 0.717) is 21.8 Å². The first-order valence-electron chi connectivity index (χ1n) is 7.06. The number of anilines is 1. The lowest BCUT2D eigenvalue weighted by molar-refractivity contribution is -0.116. The number of benzene rings is 2. The fourth-order valence-electron chi connectivity index (χ4n) is 2.46. The normalized spacial score (nSPS) is 17.0. The van der Waals surface area contributed by atoms with Crippen LogP contribution in [0.1, 0.15) is 24.0 Å². The van der Waals surface area contributed by atoms with Gasteiger partial charge in [0.2, 0.25) is 15.9 Å². The molecule has 2 aromatic carbocycles. The van der Waals surface area contributed by atoms with Gasteiger partial charge in [-0.1, -0.05) is 29.8 Å². The van der Waals surface area contributed by atoms with Gasteiger partial charge < -0.3 is 5.32 Å². The Balaban J connectivity index is 1.84. The Bertz CT molecular complexity index is 881. The van der Waals surface area contributed by atoms with E-state index in [-0.39, 0.29) is 23.3 Å². The number of carbonyl (C=O) groups is 1. The largest absolute Gasteiger partial charge is 0.325 e. The summed E-state index contributed by atoms with van der Waals surface area (Å²) in [6.45, 7) is 1.85. The van der Waals surface area contributed by atoms with E-state index in [0.717, 1.165) is 0 Å². The van der Waals surface area contributed by atoms with E-state index in [1.165, 1.54) is 12.1 Å². The lowest BCUT2D eigenvalue weighted by Gasteiger charge is -2.10. The predicted molar refractivity (Wildman–Crippen MR) is 89.0 cm³/mol. The topological polar surface area (TPSA) is 75.3 Å². The molecule has 0 unspecified atom stereocenters. The van der Waals surface area contributed by atoms with Crippen molar-refractivity contribution < 1.29 is 13.2 Å². The number of nitrogens with one attached hydrogen (secondary N) is 2. The van der Waals surface area contributed by atoms with E-state index in [4.69, 9.17) is 11.6 Å². The third-order valence-corrected chi connectivity index (χ3v) is 5.63. The van der Waals surface area contributed by atoms with Gasteiger partial charge in [0.15, 0.2) is 0 Å². The lowest BCUT2D eigenvalue weighted by Crippen LogP contribution is -2.23. The van der Waals surface area contributed by atoms with E-state index in [1.807, 2.05) is 0 Å². The van der Waals surface area contributed by atoms with Gasteiger partial charge in [-0.15, -0.1) is 0 Å². The van der Waals surface area contributed by atoms with Gasteiger partial charge in [-0.25, -0.2) is 13.1 Å². The van der Waals surface area contributed by atoms with Crippen LogP contribution in [0, 0.1) is 0 Å². The van der Waals surface area contributed by atoms with Crippen molar-refractivity contribution in [3.8, 4) is 0 Å². The van der Waals surface area contributed by atoms with E-state index in [1.54, 1.807) is 37.3 Å². The van der Waals surface area contributed by atoms with Crippen molar-refractivity contribution in [1.29, 1.82) is 0 Å². The molecule has 1 aliphatic rings. The van der Waals surface area contributed by atoms with Gasteiger partial charge in [0, 0.05) is 17.3 Å². The van der Waals surface area contributed by atoms with Crippen LogP contribution in [0.25, 0.3) is 0 Å². The highest BCUT2D eigenvalue weighted by Crippen LogP contribution is 2.33. The van der Waals surface area contributed by atoms with E-state index in [9.17, 15) is 13.2 Å². The minimum atomic E-state index is -3.69. The minimum absolute atomic E-state index is 0.103. The van der Waals surface area contributed by atoms with Gasteiger partial charge in [-0.3, -0.25) is 4.79 Å². The molecule has 0 spiro atoms. The Morgan fingerprint density at radius 2 is 1.96 bits per heavy atom. The molecule has 2 N–H and O–H groups in total. The maximum Gasteiger partial charge on any atom is 0.240 e. The number of carbonyl (C=O) groups excluding carboxylic acids is 1. The second-order valence-corrected chi connectivity index (χ2v) is 7.55. The molecule has 120 valence electrons. The monoisotopic (exact) mass is 350 g/mol. The van der Waals surface area contributed by atoms with Crippen molar-refractivity contribution in [1.82, 2.24) is 4.72 Å². The van der Waals surface area contributed by atoms with Crippen molar-refractivity contribution in [3.63, 3.8) is 0 Å². The highest BCUT2D eigenvalue weighted by atomic mass is 35.5. The summed E-state index contributed by atoms with van der Waals surface area (Å²) in [7, 11) is -3.69. The standard InChI is InChI=1S/C16H15ClN2O3S/c1-10-13-8-12(6-7-15(13)19-16(10)20)23(21,22)18-9-11-4-2-3-5-14(11)17/h2-8,10,18H,9H2,1H3,(H,19,20)/t10-/m1/s1. The van der Waals surface area contributed by atoms with Crippen molar-refractivity contribution >= 4 is 33.2 Å². The fourth-order valence-corrected chi connectivity index (χ4v) is 3.70. The van der Waals surface area contributed by atoms with Gasteiger partial charge in [0.25, 0.3) is 0 Å². The van der Waals surface area contributed by atoms with Gasteiger partial charge in [0.05, 0.1) is 10.8 Å². The van der Waals surface area contributed by atoms with Crippen molar-refractivity contribution in [2.75, 3.05) is 5.32 Å². The molecule has 1 atom stereocenters. The molecule has 0 aliphatic carbocycles. The van der Waals surface area contributed by atoms with Crippen molar-refractivity contribution in [3.05, 3.63) is 58.6 Å². The molecule has 0 saturated heterocycles. The van der Waals surface area contributed by atoms with E-state index >= 15 is 0 Å². The molecule has 2 aromatic rings. The third-order valence-electron chi connectivity index (χ3n) is 3.86. The molecule has 0 saturated carbocycles. The Hall–Kier alpha value is -1.89. The molecule has 1 amide bonds. The summed E-state index contributed by atoms with van der Waals surface area (Å²) in [5.41, 5.74) is 2.05. The van der Waals surface area contributed by atoms with Crippen molar-refractivity contribution in [2.24, 2.45) is 0 Å². The summed E-state index contributed by atoms with van der Waals surface area (Å²) >= 11 is 6.03. The third kappa shape index (κ3) is 3.10. The SMILES string of the molecule is C[C@H]1C(=O)Nc2ccc(S(=O)(=O)NCc3ccccc3Cl)cc21. The Morgan fingerprint density at radius 3 is 2.70 bits per heavy atom. The number of amides is 1.